The summed E-state index contributed by atoms with van der Waals surface area (Å²) in [5, 5.41) is 11.4. The van der Waals surface area contributed by atoms with Crippen LogP contribution in [0.2, 0.25) is 5.02 Å². The highest BCUT2D eigenvalue weighted by molar-refractivity contribution is 6.32. The molecule has 0 spiro atoms. The van der Waals surface area contributed by atoms with Crippen molar-refractivity contribution < 1.29 is 37.0 Å². The molecule has 1 atom stereocenters. The zero-order valence-electron chi connectivity index (χ0n) is 20.5. The van der Waals surface area contributed by atoms with E-state index in [2.05, 4.69) is 14.6 Å². The summed E-state index contributed by atoms with van der Waals surface area (Å²) in [4.78, 5) is 16.4. The molecule has 14 heteroatoms. The van der Waals surface area contributed by atoms with E-state index in [0.29, 0.717) is 42.6 Å². The summed E-state index contributed by atoms with van der Waals surface area (Å²) < 4.78 is 60.0. The molecule has 0 bridgehead atoms. The monoisotopic (exact) mass is 568 g/mol. The Hall–Kier alpha value is -3.87. The van der Waals surface area contributed by atoms with Gasteiger partial charge in [0.2, 0.25) is 0 Å². The standard InChI is InChI=1S/C25H24ClF3N4O6/c26-21-13-16(1-6-22(21)36-15-20-9-12-32-14-23(33(34)35)30-24(32)38-20)31-10-7-18(8-11-31)37-17-2-4-19(5-3-17)39-25(27,28)29/h1-6,13-14,18,20H,7-12,15H2. The number of anilines is 1. The Morgan fingerprint density at radius 2 is 1.79 bits per heavy atom. The van der Waals surface area contributed by atoms with Crippen molar-refractivity contribution >= 4 is 23.1 Å². The Morgan fingerprint density at radius 3 is 2.46 bits per heavy atom. The van der Waals surface area contributed by atoms with Crippen molar-refractivity contribution in [2.24, 2.45) is 0 Å². The van der Waals surface area contributed by atoms with Crippen molar-refractivity contribution in [3.8, 4) is 23.3 Å². The molecule has 2 aromatic carbocycles. The van der Waals surface area contributed by atoms with Gasteiger partial charge >= 0.3 is 18.2 Å². The molecule has 39 heavy (non-hydrogen) atoms. The molecule has 3 heterocycles. The average molecular weight is 569 g/mol. The molecule has 2 aliphatic rings. The summed E-state index contributed by atoms with van der Waals surface area (Å²) in [5.74, 6) is 0.435. The van der Waals surface area contributed by atoms with Gasteiger partial charge < -0.3 is 34.0 Å². The van der Waals surface area contributed by atoms with Gasteiger partial charge in [-0.15, -0.1) is 13.2 Å². The van der Waals surface area contributed by atoms with Crippen LogP contribution >= 0.6 is 11.6 Å². The molecule has 2 aliphatic heterocycles. The van der Waals surface area contributed by atoms with E-state index in [1.165, 1.54) is 30.5 Å². The number of rotatable bonds is 8. The predicted molar refractivity (Wildman–Crippen MR) is 134 cm³/mol. The number of aromatic nitrogens is 2. The highest BCUT2D eigenvalue weighted by atomic mass is 35.5. The SMILES string of the molecule is O=[N+]([O-])c1cn2c(n1)OC(COc1ccc(N3CCC(Oc4ccc(OC(F)(F)F)cc4)CC3)cc1Cl)CC2. The number of nitro groups is 1. The fourth-order valence-corrected chi connectivity index (χ4v) is 4.70. The lowest BCUT2D eigenvalue weighted by Gasteiger charge is -2.34. The van der Waals surface area contributed by atoms with E-state index in [1.54, 1.807) is 10.6 Å². The van der Waals surface area contributed by atoms with Gasteiger partial charge in [0.15, 0.2) is 0 Å². The largest absolute Gasteiger partial charge is 0.573 e. The first-order chi connectivity index (χ1) is 18.6. The Labute approximate surface area is 225 Å². The number of aryl methyl sites for hydroxylation is 1. The maximum atomic E-state index is 12.3. The molecule has 0 aliphatic carbocycles. The Kier molecular flexibility index (Phi) is 7.60. The van der Waals surface area contributed by atoms with Gasteiger partial charge in [-0.2, -0.15) is 0 Å². The molecule has 0 N–H and O–H groups in total. The molecule has 3 aromatic rings. The summed E-state index contributed by atoms with van der Waals surface area (Å²) in [6.07, 6.45) is -1.70. The van der Waals surface area contributed by atoms with Crippen LogP contribution in [-0.4, -0.2) is 52.7 Å². The van der Waals surface area contributed by atoms with Crippen LogP contribution in [0.4, 0.5) is 24.7 Å². The van der Waals surface area contributed by atoms with Crippen LogP contribution in [0, 0.1) is 10.1 Å². The summed E-state index contributed by atoms with van der Waals surface area (Å²) in [6, 6.07) is 11.1. The van der Waals surface area contributed by atoms with E-state index in [1.807, 2.05) is 12.1 Å². The second-order valence-electron chi connectivity index (χ2n) is 9.11. The van der Waals surface area contributed by atoms with Crippen molar-refractivity contribution in [1.29, 1.82) is 0 Å². The lowest BCUT2D eigenvalue weighted by molar-refractivity contribution is -0.389. The van der Waals surface area contributed by atoms with E-state index >= 15 is 0 Å². The van der Waals surface area contributed by atoms with Gasteiger partial charge in [0.25, 0.3) is 0 Å². The van der Waals surface area contributed by atoms with Crippen LogP contribution in [0.5, 0.6) is 23.3 Å². The summed E-state index contributed by atoms with van der Waals surface area (Å²) in [7, 11) is 0. The number of hydrogen-bond acceptors (Lipinski definition) is 8. The minimum absolute atomic E-state index is 0.0683. The minimum Gasteiger partial charge on any atom is -0.490 e. The molecular weight excluding hydrogens is 545 g/mol. The zero-order valence-corrected chi connectivity index (χ0v) is 21.2. The van der Waals surface area contributed by atoms with E-state index in [4.69, 9.17) is 25.8 Å². The molecule has 1 fully saturated rings. The smallest absolute Gasteiger partial charge is 0.490 e. The lowest BCUT2D eigenvalue weighted by atomic mass is 10.1. The first-order valence-corrected chi connectivity index (χ1v) is 12.6. The number of piperidine rings is 1. The lowest BCUT2D eigenvalue weighted by Crippen LogP contribution is -2.38. The molecule has 1 aromatic heterocycles. The number of nitrogens with zero attached hydrogens (tertiary/aromatic N) is 4. The predicted octanol–water partition coefficient (Wildman–Crippen LogP) is 5.62. The Bertz CT molecular complexity index is 1310. The van der Waals surface area contributed by atoms with Gasteiger partial charge in [0.1, 0.15) is 42.3 Å². The van der Waals surface area contributed by atoms with Crippen molar-refractivity contribution in [3.05, 3.63) is 63.8 Å². The maximum Gasteiger partial charge on any atom is 0.573 e. The number of halogens is 4. The first-order valence-electron chi connectivity index (χ1n) is 12.2. The van der Waals surface area contributed by atoms with Crippen LogP contribution in [-0.2, 0) is 6.54 Å². The van der Waals surface area contributed by atoms with Gasteiger partial charge in [0.05, 0.1) is 5.02 Å². The van der Waals surface area contributed by atoms with Crippen LogP contribution < -0.4 is 23.8 Å². The molecule has 1 unspecified atom stereocenters. The van der Waals surface area contributed by atoms with E-state index in [-0.39, 0.29) is 36.4 Å². The van der Waals surface area contributed by atoms with Gasteiger partial charge in [-0.1, -0.05) is 11.6 Å². The second-order valence-corrected chi connectivity index (χ2v) is 9.52. The van der Waals surface area contributed by atoms with E-state index < -0.39 is 11.3 Å². The Balaban J connectivity index is 1.09. The van der Waals surface area contributed by atoms with Crippen molar-refractivity contribution in [2.45, 2.75) is 44.4 Å². The minimum atomic E-state index is -4.73. The number of fused-ring (bicyclic) bond motifs is 1. The third-order valence-electron chi connectivity index (χ3n) is 6.39. The molecule has 5 rings (SSSR count). The number of ether oxygens (including phenoxy) is 4. The molecule has 0 amide bonds. The number of hydrogen-bond donors (Lipinski definition) is 0. The summed E-state index contributed by atoms with van der Waals surface area (Å²) in [5.41, 5.74) is 0.933. The van der Waals surface area contributed by atoms with Gasteiger partial charge in [0, 0.05) is 49.6 Å². The normalized spacial score (nSPS) is 17.7. The fraction of sp³-hybridized carbons (Fsp3) is 0.400. The van der Waals surface area contributed by atoms with Crippen molar-refractivity contribution in [2.75, 3.05) is 24.6 Å². The highest BCUT2D eigenvalue weighted by Gasteiger charge is 2.31. The highest BCUT2D eigenvalue weighted by Crippen LogP contribution is 2.33. The maximum absolute atomic E-state index is 12.3. The quantitative estimate of drug-likeness (QED) is 0.255. The summed E-state index contributed by atoms with van der Waals surface area (Å²) in [6.45, 7) is 2.18. The number of imidazole rings is 1. The average Bonchev–Trinajstić information content (AvgIpc) is 3.33. The van der Waals surface area contributed by atoms with Crippen LogP contribution in [0.15, 0.2) is 48.7 Å². The molecule has 208 valence electrons. The topological polar surface area (TPSA) is 101 Å². The number of benzene rings is 2. The Morgan fingerprint density at radius 1 is 1.08 bits per heavy atom. The third kappa shape index (κ3) is 6.77. The summed E-state index contributed by atoms with van der Waals surface area (Å²) >= 11 is 6.49. The van der Waals surface area contributed by atoms with E-state index in [0.717, 1.165) is 18.5 Å². The van der Waals surface area contributed by atoms with E-state index in [9.17, 15) is 23.3 Å². The van der Waals surface area contributed by atoms with Gasteiger partial charge in [-0.25, -0.2) is 0 Å². The second kappa shape index (κ2) is 11.1. The van der Waals surface area contributed by atoms with Crippen molar-refractivity contribution in [3.63, 3.8) is 0 Å². The van der Waals surface area contributed by atoms with Gasteiger partial charge in [-0.05, 0) is 47.4 Å². The molecule has 10 nitrogen and oxygen atoms in total. The fourth-order valence-electron chi connectivity index (χ4n) is 4.47. The molecule has 0 radical (unpaired) electrons. The van der Waals surface area contributed by atoms with Crippen LogP contribution in [0.3, 0.4) is 0 Å². The van der Waals surface area contributed by atoms with Crippen molar-refractivity contribution in [1.82, 2.24) is 9.55 Å². The number of alkyl halides is 3. The third-order valence-corrected chi connectivity index (χ3v) is 6.68. The first kappa shape index (κ1) is 26.7. The zero-order chi connectivity index (χ0) is 27.6. The van der Waals surface area contributed by atoms with Gasteiger partial charge in [-0.3, -0.25) is 4.57 Å². The molecule has 0 saturated carbocycles. The molecule has 1 saturated heterocycles. The van der Waals surface area contributed by atoms with Crippen LogP contribution in [0.25, 0.3) is 0 Å². The van der Waals surface area contributed by atoms with Crippen LogP contribution in [0.1, 0.15) is 19.3 Å². The molecular formula is C25H24ClF3N4O6.